The predicted molar refractivity (Wildman–Crippen MR) is 122 cm³/mol. The van der Waals surface area contributed by atoms with Gasteiger partial charge in [0.25, 0.3) is 0 Å². The third kappa shape index (κ3) is 4.29. The molecule has 5 nitrogen and oxygen atoms in total. The first-order valence-electron chi connectivity index (χ1n) is 11.2. The summed E-state index contributed by atoms with van der Waals surface area (Å²) in [5, 5.41) is 2.80. The number of halogens is 1. The highest BCUT2D eigenvalue weighted by molar-refractivity contribution is 6.04. The Labute approximate surface area is 183 Å². The van der Waals surface area contributed by atoms with Crippen molar-refractivity contribution in [1.82, 2.24) is 0 Å². The number of rotatable bonds is 6. The van der Waals surface area contributed by atoms with Crippen molar-refractivity contribution in [3.8, 4) is 0 Å². The predicted octanol–water partition coefficient (Wildman–Crippen LogP) is 4.93. The van der Waals surface area contributed by atoms with Crippen LogP contribution in [0.25, 0.3) is 0 Å². The summed E-state index contributed by atoms with van der Waals surface area (Å²) in [5.41, 5.74) is 2.93. The van der Waals surface area contributed by atoms with Crippen LogP contribution in [0.5, 0.6) is 0 Å². The van der Waals surface area contributed by atoms with Crippen molar-refractivity contribution >= 4 is 28.9 Å². The molecule has 2 saturated heterocycles. The fraction of sp³-hybridized carbons (Fsp3) is 0.440. The van der Waals surface area contributed by atoms with Gasteiger partial charge < -0.3 is 15.1 Å². The number of anilines is 3. The summed E-state index contributed by atoms with van der Waals surface area (Å²) >= 11 is 0. The topological polar surface area (TPSA) is 52.7 Å². The fourth-order valence-corrected chi connectivity index (χ4v) is 4.57. The minimum absolute atomic E-state index is 0.0656. The molecule has 4 rings (SSSR count). The zero-order chi connectivity index (χ0) is 22.0. The van der Waals surface area contributed by atoms with Crippen LogP contribution < -0.4 is 15.1 Å². The highest BCUT2D eigenvalue weighted by Gasteiger charge is 2.37. The Hall–Kier alpha value is -2.89. The van der Waals surface area contributed by atoms with Gasteiger partial charge in [0.05, 0.1) is 11.6 Å². The highest BCUT2D eigenvalue weighted by Crippen LogP contribution is 2.35. The van der Waals surface area contributed by atoms with E-state index in [2.05, 4.69) is 24.1 Å². The zero-order valence-corrected chi connectivity index (χ0v) is 18.2. The van der Waals surface area contributed by atoms with Gasteiger partial charge in [-0.15, -0.1) is 0 Å². The third-order valence-electron chi connectivity index (χ3n) is 6.55. The standard InChI is InChI=1S/C25H30FN3O2/c1-3-17(2)19-9-4-5-11-21(19)29-16-18(15-23(29)30)25(31)27-24-20(26)10-8-12-22(24)28-13-6-7-14-28/h4-5,8-12,17-18H,3,6-7,13-16H2,1-2H3,(H,27,31). The Morgan fingerprint density at radius 3 is 2.58 bits per heavy atom. The van der Waals surface area contributed by atoms with E-state index in [-0.39, 0.29) is 23.9 Å². The molecular formula is C25H30FN3O2. The van der Waals surface area contributed by atoms with Crippen LogP contribution in [0.1, 0.15) is 51.0 Å². The van der Waals surface area contributed by atoms with Gasteiger partial charge in [0, 0.05) is 31.7 Å². The lowest BCUT2D eigenvalue weighted by atomic mass is 9.96. The van der Waals surface area contributed by atoms with E-state index in [1.807, 2.05) is 30.3 Å². The van der Waals surface area contributed by atoms with Crippen molar-refractivity contribution in [2.24, 2.45) is 5.92 Å². The number of hydrogen-bond acceptors (Lipinski definition) is 3. The Morgan fingerprint density at radius 2 is 1.84 bits per heavy atom. The molecule has 2 aromatic carbocycles. The molecule has 6 heteroatoms. The molecule has 2 atom stereocenters. The molecular weight excluding hydrogens is 393 g/mol. The Balaban J connectivity index is 1.53. The van der Waals surface area contributed by atoms with Crippen LogP contribution in [-0.2, 0) is 9.59 Å². The van der Waals surface area contributed by atoms with Crippen molar-refractivity contribution in [2.45, 2.75) is 45.4 Å². The van der Waals surface area contributed by atoms with Gasteiger partial charge in [-0.3, -0.25) is 9.59 Å². The molecule has 2 unspecified atom stereocenters. The monoisotopic (exact) mass is 423 g/mol. The maximum atomic E-state index is 14.6. The van der Waals surface area contributed by atoms with E-state index in [1.54, 1.807) is 11.0 Å². The maximum Gasteiger partial charge on any atom is 0.229 e. The first-order valence-corrected chi connectivity index (χ1v) is 11.2. The van der Waals surface area contributed by atoms with E-state index >= 15 is 0 Å². The van der Waals surface area contributed by atoms with Gasteiger partial charge in [-0.05, 0) is 48.9 Å². The summed E-state index contributed by atoms with van der Waals surface area (Å²) in [6.45, 7) is 6.28. The minimum atomic E-state index is -0.511. The molecule has 2 aliphatic rings. The normalized spacial score (nSPS) is 19.7. The molecule has 2 aromatic rings. The molecule has 0 bridgehead atoms. The lowest BCUT2D eigenvalue weighted by molar-refractivity contribution is -0.122. The SMILES string of the molecule is CCC(C)c1ccccc1N1CC(C(=O)Nc2c(F)cccc2N2CCCC2)CC1=O. The van der Waals surface area contributed by atoms with Crippen LogP contribution >= 0.6 is 0 Å². The Kier molecular flexibility index (Phi) is 6.25. The second-order valence-corrected chi connectivity index (χ2v) is 8.59. The molecule has 2 fully saturated rings. The number of hydrogen-bond donors (Lipinski definition) is 1. The molecule has 2 amide bonds. The van der Waals surface area contributed by atoms with E-state index in [0.717, 1.165) is 43.6 Å². The molecule has 2 aliphatic heterocycles. The summed E-state index contributed by atoms with van der Waals surface area (Å²) in [7, 11) is 0. The van der Waals surface area contributed by atoms with Crippen LogP contribution in [0, 0.1) is 11.7 Å². The minimum Gasteiger partial charge on any atom is -0.370 e. The Bertz CT molecular complexity index is 971. The molecule has 0 spiro atoms. The van der Waals surface area contributed by atoms with Crippen molar-refractivity contribution in [2.75, 3.05) is 34.8 Å². The van der Waals surface area contributed by atoms with E-state index in [0.29, 0.717) is 18.2 Å². The quantitative estimate of drug-likeness (QED) is 0.717. The lowest BCUT2D eigenvalue weighted by Crippen LogP contribution is -2.30. The van der Waals surface area contributed by atoms with Crippen molar-refractivity contribution in [1.29, 1.82) is 0 Å². The van der Waals surface area contributed by atoms with Gasteiger partial charge >= 0.3 is 0 Å². The van der Waals surface area contributed by atoms with E-state index in [9.17, 15) is 14.0 Å². The third-order valence-corrected chi connectivity index (χ3v) is 6.55. The van der Waals surface area contributed by atoms with Crippen molar-refractivity contribution in [3.63, 3.8) is 0 Å². The van der Waals surface area contributed by atoms with Gasteiger partial charge in [-0.1, -0.05) is 38.1 Å². The van der Waals surface area contributed by atoms with Crippen LogP contribution in [0.2, 0.25) is 0 Å². The molecule has 31 heavy (non-hydrogen) atoms. The number of carbonyl (C=O) groups is 2. The number of amides is 2. The molecule has 2 heterocycles. The first-order chi connectivity index (χ1) is 15.0. The summed E-state index contributed by atoms with van der Waals surface area (Å²) in [6.07, 6.45) is 3.22. The molecule has 0 aliphatic carbocycles. The van der Waals surface area contributed by atoms with Crippen LogP contribution in [0.15, 0.2) is 42.5 Å². The Morgan fingerprint density at radius 1 is 1.13 bits per heavy atom. The van der Waals surface area contributed by atoms with Gasteiger partial charge in [-0.25, -0.2) is 4.39 Å². The summed E-state index contributed by atoms with van der Waals surface area (Å²) in [5.74, 6) is -1.01. The van der Waals surface area contributed by atoms with Crippen LogP contribution in [-0.4, -0.2) is 31.4 Å². The number of benzene rings is 2. The number of carbonyl (C=O) groups excluding carboxylic acids is 2. The summed E-state index contributed by atoms with van der Waals surface area (Å²) in [6, 6.07) is 12.8. The van der Waals surface area contributed by atoms with Crippen molar-refractivity contribution in [3.05, 3.63) is 53.8 Å². The molecule has 0 radical (unpaired) electrons. The number of para-hydroxylation sites is 2. The van der Waals surface area contributed by atoms with Gasteiger partial charge in [0.2, 0.25) is 11.8 Å². The highest BCUT2D eigenvalue weighted by atomic mass is 19.1. The zero-order valence-electron chi connectivity index (χ0n) is 18.2. The van der Waals surface area contributed by atoms with Gasteiger partial charge in [0.15, 0.2) is 0 Å². The van der Waals surface area contributed by atoms with Crippen LogP contribution in [0.4, 0.5) is 21.5 Å². The molecule has 0 aromatic heterocycles. The second-order valence-electron chi connectivity index (χ2n) is 8.59. The van der Waals surface area contributed by atoms with Gasteiger partial charge in [0.1, 0.15) is 11.5 Å². The van der Waals surface area contributed by atoms with E-state index < -0.39 is 11.7 Å². The van der Waals surface area contributed by atoms with E-state index in [1.165, 1.54) is 6.07 Å². The number of nitrogens with one attached hydrogen (secondary N) is 1. The summed E-state index contributed by atoms with van der Waals surface area (Å²) in [4.78, 5) is 29.7. The summed E-state index contributed by atoms with van der Waals surface area (Å²) < 4.78 is 14.6. The smallest absolute Gasteiger partial charge is 0.229 e. The molecule has 1 N–H and O–H groups in total. The lowest BCUT2D eigenvalue weighted by Gasteiger charge is -2.24. The largest absolute Gasteiger partial charge is 0.370 e. The van der Waals surface area contributed by atoms with E-state index in [4.69, 9.17) is 0 Å². The molecule has 0 saturated carbocycles. The first kappa shape index (κ1) is 21.3. The maximum absolute atomic E-state index is 14.6. The average Bonchev–Trinajstić information content (AvgIpc) is 3.44. The van der Waals surface area contributed by atoms with Gasteiger partial charge in [-0.2, -0.15) is 0 Å². The average molecular weight is 424 g/mol. The number of nitrogens with zero attached hydrogens (tertiary/aromatic N) is 2. The second kappa shape index (κ2) is 9.08. The fourth-order valence-electron chi connectivity index (χ4n) is 4.57. The van der Waals surface area contributed by atoms with Crippen molar-refractivity contribution < 1.29 is 14.0 Å². The molecule has 164 valence electrons. The van der Waals surface area contributed by atoms with Crippen LogP contribution in [0.3, 0.4) is 0 Å².